The number of piperidine rings is 1. The summed E-state index contributed by atoms with van der Waals surface area (Å²) in [6.45, 7) is 5.68. The van der Waals surface area contributed by atoms with Crippen molar-refractivity contribution in [2.75, 3.05) is 39.8 Å². The van der Waals surface area contributed by atoms with Crippen LogP contribution in [0.3, 0.4) is 0 Å². The van der Waals surface area contributed by atoms with E-state index in [1.54, 1.807) is 12.3 Å². The minimum atomic E-state index is -0.250. The highest BCUT2D eigenvalue weighted by Gasteiger charge is 2.38. The molecule has 33 heavy (non-hydrogen) atoms. The lowest BCUT2D eigenvalue weighted by molar-refractivity contribution is -0.141. The van der Waals surface area contributed by atoms with Crippen molar-refractivity contribution in [3.8, 4) is 0 Å². The van der Waals surface area contributed by atoms with E-state index < -0.39 is 0 Å². The second-order valence-electron chi connectivity index (χ2n) is 9.22. The van der Waals surface area contributed by atoms with Crippen LogP contribution >= 0.6 is 0 Å². The van der Waals surface area contributed by atoms with Gasteiger partial charge < -0.3 is 25.0 Å². The largest absolute Gasteiger partial charge is 0.483 e. The van der Waals surface area contributed by atoms with Crippen LogP contribution in [0, 0.1) is 5.92 Å². The Morgan fingerprint density at radius 2 is 2.03 bits per heavy atom. The van der Waals surface area contributed by atoms with Crippen LogP contribution in [0.1, 0.15) is 49.5 Å². The molecular formula is C23H35N5O5. The molecule has 4 rings (SSSR count). The van der Waals surface area contributed by atoms with E-state index in [0.29, 0.717) is 5.69 Å². The zero-order valence-electron chi connectivity index (χ0n) is 19.5. The first kappa shape index (κ1) is 24.9. The predicted octanol–water partition coefficient (Wildman–Crippen LogP) is 1.28. The molecule has 182 valence electrons. The lowest BCUT2D eigenvalue weighted by Crippen LogP contribution is -2.50. The second-order valence-corrected chi connectivity index (χ2v) is 9.22. The molecule has 10 nitrogen and oxygen atoms in total. The fraction of sp³-hybridized carbons (Fsp3) is 0.652. The second kappa shape index (κ2) is 11.4. The summed E-state index contributed by atoms with van der Waals surface area (Å²) in [4.78, 5) is 38.1. The van der Waals surface area contributed by atoms with Crippen LogP contribution in [0.25, 0.3) is 0 Å². The van der Waals surface area contributed by atoms with Crippen molar-refractivity contribution >= 4 is 18.3 Å². The van der Waals surface area contributed by atoms with Crippen LogP contribution in [0.5, 0.6) is 0 Å². The van der Waals surface area contributed by atoms with E-state index >= 15 is 0 Å². The van der Waals surface area contributed by atoms with Gasteiger partial charge in [-0.25, -0.2) is 0 Å². The van der Waals surface area contributed by atoms with Crippen LogP contribution in [0.4, 0.5) is 0 Å². The summed E-state index contributed by atoms with van der Waals surface area (Å²) >= 11 is 0. The molecule has 2 amide bonds. The number of rotatable bonds is 3. The number of H-pyrrole nitrogens is 1. The fourth-order valence-electron chi connectivity index (χ4n) is 5.01. The van der Waals surface area contributed by atoms with Crippen molar-refractivity contribution in [3.63, 3.8) is 0 Å². The summed E-state index contributed by atoms with van der Waals surface area (Å²) in [6.07, 6.45) is 8.20. The van der Waals surface area contributed by atoms with E-state index in [0.717, 1.165) is 64.9 Å². The molecule has 3 aliphatic rings. The Hall–Kier alpha value is -2.72. The van der Waals surface area contributed by atoms with Gasteiger partial charge in [0.15, 0.2) is 0 Å². The van der Waals surface area contributed by atoms with Gasteiger partial charge in [0.2, 0.25) is 5.91 Å². The smallest absolute Gasteiger partial charge is 0.290 e. The summed E-state index contributed by atoms with van der Waals surface area (Å²) in [5.41, 5.74) is 1.70. The van der Waals surface area contributed by atoms with Crippen LogP contribution < -0.4 is 5.32 Å². The number of likely N-dealkylation sites (N-methyl/N-ethyl adjacent to an activating group) is 1. The molecule has 2 fully saturated rings. The molecule has 1 spiro atoms. The monoisotopic (exact) mass is 461 g/mol. The number of carbonyl (C=O) groups excluding carboxylic acids is 2. The average molecular weight is 462 g/mol. The molecule has 1 aromatic heterocycles. The summed E-state index contributed by atoms with van der Waals surface area (Å²) < 4.78 is 6.10. The Bertz CT molecular complexity index is 832. The van der Waals surface area contributed by atoms with Crippen molar-refractivity contribution in [2.45, 2.75) is 50.7 Å². The Kier molecular flexibility index (Phi) is 8.62. The summed E-state index contributed by atoms with van der Waals surface area (Å²) in [7, 11) is 2.02. The van der Waals surface area contributed by atoms with Crippen molar-refractivity contribution < 1.29 is 24.2 Å². The molecule has 4 heterocycles. The van der Waals surface area contributed by atoms with E-state index in [9.17, 15) is 9.59 Å². The first-order valence-electron chi connectivity index (χ1n) is 11.5. The average Bonchev–Trinajstić information content (AvgIpc) is 3.26. The molecule has 0 unspecified atom stereocenters. The normalized spacial score (nSPS) is 25.3. The number of ether oxygens (including phenoxy) is 1. The molecule has 2 atom stereocenters. The van der Waals surface area contributed by atoms with Crippen molar-refractivity contribution in [1.29, 1.82) is 0 Å². The zero-order chi connectivity index (χ0) is 23.8. The number of aromatic nitrogens is 2. The van der Waals surface area contributed by atoms with Crippen molar-refractivity contribution in [3.05, 3.63) is 29.6 Å². The minimum absolute atomic E-state index is 0.0250. The minimum Gasteiger partial charge on any atom is -0.483 e. The molecule has 10 heteroatoms. The fourth-order valence-corrected chi connectivity index (χ4v) is 5.01. The van der Waals surface area contributed by atoms with Gasteiger partial charge in [-0.2, -0.15) is 5.10 Å². The van der Waals surface area contributed by atoms with Gasteiger partial charge in [-0.05, 0) is 52.1 Å². The van der Waals surface area contributed by atoms with E-state index in [2.05, 4.69) is 33.4 Å². The highest BCUT2D eigenvalue weighted by molar-refractivity contribution is 5.92. The molecular weight excluding hydrogens is 426 g/mol. The standard InChI is InChI=1S/C22H33N5O3.CH2O2/c1-16-6-12-30-22(13-16)7-10-27(11-8-22)21(29)17-3-4-18(15-26(2)14-17)24-20(28)19-5-9-23-25-19;2-1-3/h5,9,13,17-18H,3-4,6-8,10-12,14-15H2,1-2H3,(H,23,25)(H,24,28);1H,(H,2,3)/t17-,18+;/m1./s1. The molecule has 0 aliphatic carbocycles. The third-order valence-corrected chi connectivity index (χ3v) is 6.67. The van der Waals surface area contributed by atoms with Gasteiger partial charge in [0.05, 0.1) is 18.1 Å². The van der Waals surface area contributed by atoms with Crippen LogP contribution in [0.15, 0.2) is 23.9 Å². The maximum absolute atomic E-state index is 13.2. The molecule has 0 aromatic carbocycles. The number of hydrogen-bond acceptors (Lipinski definition) is 6. The molecule has 3 N–H and O–H groups in total. The first-order valence-corrected chi connectivity index (χ1v) is 11.5. The van der Waals surface area contributed by atoms with Gasteiger partial charge in [0.1, 0.15) is 5.69 Å². The lowest BCUT2D eigenvalue weighted by Gasteiger charge is -2.43. The highest BCUT2D eigenvalue weighted by Crippen LogP contribution is 2.33. The number of amides is 2. The first-order chi connectivity index (χ1) is 15.9. The zero-order valence-corrected chi connectivity index (χ0v) is 19.5. The predicted molar refractivity (Wildman–Crippen MR) is 122 cm³/mol. The topological polar surface area (TPSA) is 128 Å². The molecule has 1 aromatic rings. The molecule has 2 saturated heterocycles. The lowest BCUT2D eigenvalue weighted by atomic mass is 9.86. The molecule has 0 saturated carbocycles. The van der Waals surface area contributed by atoms with Gasteiger partial charge in [0, 0.05) is 38.4 Å². The number of nitrogens with one attached hydrogen (secondary N) is 2. The van der Waals surface area contributed by atoms with E-state index in [1.807, 2.05) is 11.9 Å². The molecule has 0 radical (unpaired) electrons. The third-order valence-electron chi connectivity index (χ3n) is 6.67. The highest BCUT2D eigenvalue weighted by atomic mass is 16.5. The van der Waals surface area contributed by atoms with Gasteiger partial charge in [0.25, 0.3) is 12.4 Å². The van der Waals surface area contributed by atoms with Crippen molar-refractivity contribution in [1.82, 2.24) is 25.3 Å². The summed E-state index contributed by atoms with van der Waals surface area (Å²) in [5.74, 6) is 0.0734. The number of nitrogens with zero attached hydrogens (tertiary/aromatic N) is 3. The SMILES string of the molecule is CC1=CC2(CCN(C(=O)[C@@H]3CC[C@H](NC(=O)c4ccn[nH]4)CN(C)C3)CC2)OCC1.O=CO. The van der Waals surface area contributed by atoms with E-state index in [-0.39, 0.29) is 35.8 Å². The van der Waals surface area contributed by atoms with Gasteiger partial charge in [-0.1, -0.05) is 11.6 Å². The van der Waals surface area contributed by atoms with Crippen molar-refractivity contribution in [2.24, 2.45) is 5.92 Å². The molecule has 3 aliphatic heterocycles. The van der Waals surface area contributed by atoms with E-state index in [4.69, 9.17) is 14.6 Å². The van der Waals surface area contributed by atoms with E-state index in [1.165, 1.54) is 5.57 Å². The number of hydrogen-bond donors (Lipinski definition) is 3. The maximum Gasteiger partial charge on any atom is 0.290 e. The Morgan fingerprint density at radius 3 is 2.67 bits per heavy atom. The number of aromatic amines is 1. The van der Waals surface area contributed by atoms with Gasteiger partial charge in [-0.3, -0.25) is 19.5 Å². The Balaban J connectivity index is 0.000000968. The number of likely N-dealkylation sites (tertiary alicyclic amines) is 2. The van der Waals surface area contributed by atoms with Crippen LogP contribution in [0.2, 0.25) is 0 Å². The number of carboxylic acid groups (broad SMARTS) is 1. The Morgan fingerprint density at radius 1 is 1.30 bits per heavy atom. The van der Waals surface area contributed by atoms with Crippen LogP contribution in [-0.2, 0) is 14.3 Å². The maximum atomic E-state index is 13.2. The van der Waals surface area contributed by atoms with Crippen LogP contribution in [-0.4, -0.2) is 94.9 Å². The number of carbonyl (C=O) groups is 3. The van der Waals surface area contributed by atoms with Gasteiger partial charge >= 0.3 is 0 Å². The Labute approximate surface area is 194 Å². The summed E-state index contributed by atoms with van der Waals surface area (Å²) in [5, 5.41) is 16.5. The quantitative estimate of drug-likeness (QED) is 0.457. The molecule has 0 bridgehead atoms. The third kappa shape index (κ3) is 6.64. The van der Waals surface area contributed by atoms with Gasteiger partial charge in [-0.15, -0.1) is 0 Å². The summed E-state index contributed by atoms with van der Waals surface area (Å²) in [6, 6.07) is 1.69.